The summed E-state index contributed by atoms with van der Waals surface area (Å²) in [4.78, 5) is 3.98. The third kappa shape index (κ3) is 3.56. The van der Waals surface area contributed by atoms with Crippen molar-refractivity contribution in [3.8, 4) is 0 Å². The number of halogens is 1. The molecule has 18 heavy (non-hydrogen) atoms. The molecule has 0 radical (unpaired) electrons. The number of nitrogens with two attached hydrogens (primary N) is 1. The fraction of sp³-hybridized carbons (Fsp3) is 0.714. The molecule has 0 amide bonds. The first-order chi connectivity index (χ1) is 8.74. The molecule has 0 spiro atoms. The van der Waals surface area contributed by atoms with Crippen molar-refractivity contribution in [2.75, 3.05) is 19.6 Å². The van der Waals surface area contributed by atoms with Gasteiger partial charge in [0.25, 0.3) is 0 Å². The zero-order chi connectivity index (χ0) is 13.0. The second-order valence-electron chi connectivity index (χ2n) is 5.19. The highest BCUT2D eigenvalue weighted by Crippen LogP contribution is 2.32. The van der Waals surface area contributed by atoms with Crippen LogP contribution in [0.3, 0.4) is 0 Å². The SMILES string of the molecule is CCCC1CCN(C(CN)c2cc(Br)cs2)CC1. The molecule has 0 aliphatic carbocycles. The predicted molar refractivity (Wildman–Crippen MR) is 83.0 cm³/mol. The molecule has 2 heterocycles. The lowest BCUT2D eigenvalue weighted by atomic mass is 9.91. The van der Waals surface area contributed by atoms with Crippen LogP contribution in [0.2, 0.25) is 0 Å². The summed E-state index contributed by atoms with van der Waals surface area (Å²) in [5.74, 6) is 0.944. The van der Waals surface area contributed by atoms with E-state index in [-0.39, 0.29) is 0 Å². The Bertz CT molecular complexity index is 358. The minimum Gasteiger partial charge on any atom is -0.329 e. The summed E-state index contributed by atoms with van der Waals surface area (Å²) in [6, 6.07) is 2.64. The average Bonchev–Trinajstić information content (AvgIpc) is 2.79. The number of nitrogens with zero attached hydrogens (tertiary/aromatic N) is 1. The summed E-state index contributed by atoms with van der Waals surface area (Å²) >= 11 is 5.35. The second-order valence-corrected chi connectivity index (χ2v) is 7.05. The maximum absolute atomic E-state index is 5.99. The topological polar surface area (TPSA) is 29.3 Å². The van der Waals surface area contributed by atoms with Gasteiger partial charge in [-0.05, 0) is 53.8 Å². The molecular formula is C14H23BrN2S. The monoisotopic (exact) mass is 330 g/mol. The van der Waals surface area contributed by atoms with Gasteiger partial charge in [-0.25, -0.2) is 0 Å². The molecule has 0 saturated carbocycles. The van der Waals surface area contributed by atoms with Crippen LogP contribution in [0, 0.1) is 5.92 Å². The van der Waals surface area contributed by atoms with E-state index in [1.807, 2.05) is 11.3 Å². The van der Waals surface area contributed by atoms with Crippen LogP contribution >= 0.6 is 27.3 Å². The van der Waals surface area contributed by atoms with Crippen molar-refractivity contribution in [2.45, 2.75) is 38.6 Å². The van der Waals surface area contributed by atoms with Crippen molar-refractivity contribution in [1.82, 2.24) is 4.90 Å². The first-order valence-corrected chi connectivity index (χ1v) is 8.60. The number of piperidine rings is 1. The van der Waals surface area contributed by atoms with Gasteiger partial charge in [-0.3, -0.25) is 4.90 Å². The molecule has 2 nitrogen and oxygen atoms in total. The smallest absolute Gasteiger partial charge is 0.0564 e. The van der Waals surface area contributed by atoms with E-state index in [9.17, 15) is 0 Å². The number of thiophene rings is 1. The fourth-order valence-corrected chi connectivity index (χ4v) is 4.50. The van der Waals surface area contributed by atoms with Crippen molar-refractivity contribution in [2.24, 2.45) is 11.7 Å². The van der Waals surface area contributed by atoms with Crippen LogP contribution in [0.5, 0.6) is 0 Å². The maximum atomic E-state index is 5.99. The van der Waals surface area contributed by atoms with E-state index >= 15 is 0 Å². The van der Waals surface area contributed by atoms with Gasteiger partial charge >= 0.3 is 0 Å². The summed E-state index contributed by atoms with van der Waals surface area (Å²) in [7, 11) is 0. The molecule has 2 rings (SSSR count). The second kappa shape index (κ2) is 7.04. The first-order valence-electron chi connectivity index (χ1n) is 6.92. The highest BCUT2D eigenvalue weighted by molar-refractivity contribution is 9.10. The van der Waals surface area contributed by atoms with Gasteiger partial charge in [0.05, 0.1) is 6.04 Å². The number of hydrogen-bond acceptors (Lipinski definition) is 3. The Morgan fingerprint density at radius 1 is 1.50 bits per heavy atom. The zero-order valence-corrected chi connectivity index (χ0v) is 13.5. The van der Waals surface area contributed by atoms with E-state index in [1.54, 1.807) is 0 Å². The molecular weight excluding hydrogens is 308 g/mol. The lowest BCUT2D eigenvalue weighted by Crippen LogP contribution is -2.39. The van der Waals surface area contributed by atoms with E-state index in [0.717, 1.165) is 12.5 Å². The lowest BCUT2D eigenvalue weighted by Gasteiger charge is -2.36. The number of hydrogen-bond donors (Lipinski definition) is 1. The van der Waals surface area contributed by atoms with Gasteiger partial charge in [0, 0.05) is 21.3 Å². The normalized spacial score (nSPS) is 20.2. The van der Waals surface area contributed by atoms with Gasteiger partial charge in [-0.15, -0.1) is 11.3 Å². The van der Waals surface area contributed by atoms with Gasteiger partial charge in [0.15, 0.2) is 0 Å². The van der Waals surface area contributed by atoms with Crippen molar-refractivity contribution < 1.29 is 0 Å². The van der Waals surface area contributed by atoms with Crippen LogP contribution in [0.4, 0.5) is 0 Å². The highest BCUT2D eigenvalue weighted by atomic mass is 79.9. The summed E-state index contributed by atoms with van der Waals surface area (Å²) in [5.41, 5.74) is 5.99. The van der Waals surface area contributed by atoms with E-state index in [4.69, 9.17) is 5.73 Å². The van der Waals surface area contributed by atoms with Crippen LogP contribution in [-0.2, 0) is 0 Å². The van der Waals surface area contributed by atoms with E-state index in [1.165, 1.54) is 48.1 Å². The molecule has 1 aromatic heterocycles. The Balaban J connectivity index is 1.94. The summed E-state index contributed by atoms with van der Waals surface area (Å²) in [6.07, 6.45) is 5.41. The van der Waals surface area contributed by atoms with Gasteiger partial charge in [0.2, 0.25) is 0 Å². The first kappa shape index (κ1) is 14.5. The molecule has 2 N–H and O–H groups in total. The molecule has 0 bridgehead atoms. The van der Waals surface area contributed by atoms with Gasteiger partial charge in [-0.1, -0.05) is 19.8 Å². The fourth-order valence-electron chi connectivity index (χ4n) is 2.91. The number of likely N-dealkylation sites (tertiary alicyclic amines) is 1. The molecule has 1 unspecified atom stereocenters. The Kier molecular flexibility index (Phi) is 5.67. The molecule has 1 fully saturated rings. The molecule has 1 aliphatic rings. The van der Waals surface area contributed by atoms with Gasteiger partial charge < -0.3 is 5.73 Å². The summed E-state index contributed by atoms with van der Waals surface area (Å²) in [6.45, 7) is 5.44. The molecule has 102 valence electrons. The molecule has 0 aromatic carbocycles. The zero-order valence-electron chi connectivity index (χ0n) is 11.1. The molecule has 1 aliphatic heterocycles. The van der Waals surface area contributed by atoms with Crippen LogP contribution in [-0.4, -0.2) is 24.5 Å². The average molecular weight is 331 g/mol. The third-order valence-corrected chi connectivity index (χ3v) is 5.72. The van der Waals surface area contributed by atoms with Crippen LogP contribution in [0.1, 0.15) is 43.5 Å². The lowest BCUT2D eigenvalue weighted by molar-refractivity contribution is 0.133. The standard InChI is InChI=1S/C14H23BrN2S/c1-2-3-11-4-6-17(7-5-11)13(9-16)14-8-12(15)10-18-14/h8,10-11,13H,2-7,9,16H2,1H3. The molecule has 1 atom stereocenters. The van der Waals surface area contributed by atoms with Crippen molar-refractivity contribution in [3.63, 3.8) is 0 Å². The number of rotatable bonds is 5. The molecule has 4 heteroatoms. The van der Waals surface area contributed by atoms with E-state index < -0.39 is 0 Å². The Labute approximate surface area is 123 Å². The maximum Gasteiger partial charge on any atom is 0.0564 e. The van der Waals surface area contributed by atoms with Gasteiger partial charge in [0.1, 0.15) is 0 Å². The van der Waals surface area contributed by atoms with Crippen LogP contribution < -0.4 is 5.73 Å². The van der Waals surface area contributed by atoms with Crippen molar-refractivity contribution in [3.05, 3.63) is 20.8 Å². The highest BCUT2D eigenvalue weighted by Gasteiger charge is 2.25. The van der Waals surface area contributed by atoms with E-state index in [0.29, 0.717) is 6.04 Å². The predicted octanol–water partition coefficient (Wildman–Crippen LogP) is 4.02. The third-order valence-electron chi connectivity index (χ3n) is 3.93. The van der Waals surface area contributed by atoms with E-state index in [2.05, 4.69) is 39.2 Å². The molecule has 1 saturated heterocycles. The Morgan fingerprint density at radius 3 is 2.72 bits per heavy atom. The van der Waals surface area contributed by atoms with Crippen LogP contribution in [0.15, 0.2) is 15.9 Å². The quantitative estimate of drug-likeness (QED) is 0.883. The Morgan fingerprint density at radius 2 is 2.22 bits per heavy atom. The van der Waals surface area contributed by atoms with Crippen LogP contribution in [0.25, 0.3) is 0 Å². The van der Waals surface area contributed by atoms with Crippen molar-refractivity contribution in [1.29, 1.82) is 0 Å². The Hall–Kier alpha value is 0.1000. The summed E-state index contributed by atoms with van der Waals surface area (Å²) in [5, 5.41) is 2.15. The largest absolute Gasteiger partial charge is 0.329 e. The van der Waals surface area contributed by atoms with Gasteiger partial charge in [-0.2, -0.15) is 0 Å². The minimum absolute atomic E-state index is 0.420. The minimum atomic E-state index is 0.420. The summed E-state index contributed by atoms with van der Waals surface area (Å²) < 4.78 is 1.18. The molecule has 1 aromatic rings. The van der Waals surface area contributed by atoms with Crippen molar-refractivity contribution >= 4 is 27.3 Å².